The molecule has 41 heavy (non-hydrogen) atoms. The molecule has 0 unspecified atom stereocenters. The van der Waals surface area contributed by atoms with Crippen molar-refractivity contribution in [2.45, 2.75) is 13.5 Å². The van der Waals surface area contributed by atoms with Crippen LogP contribution in [0.4, 0.5) is 11.4 Å². The molecule has 2 amide bonds. The summed E-state index contributed by atoms with van der Waals surface area (Å²) in [6.45, 7) is 5.13. The molecule has 0 atom stereocenters. The highest BCUT2D eigenvalue weighted by atomic mass is 35.5. The third-order valence-corrected chi connectivity index (χ3v) is 7.42. The summed E-state index contributed by atoms with van der Waals surface area (Å²) < 4.78 is 11.4. The average Bonchev–Trinajstić information content (AvgIpc) is 3.01. The van der Waals surface area contributed by atoms with E-state index in [1.54, 1.807) is 25.3 Å². The molecule has 0 radical (unpaired) electrons. The van der Waals surface area contributed by atoms with Crippen LogP contribution in [0.3, 0.4) is 0 Å². The van der Waals surface area contributed by atoms with E-state index in [0.29, 0.717) is 47.5 Å². The molecule has 0 spiro atoms. The smallest absolute Gasteiger partial charge is 0.255 e. The fraction of sp³-hybridized carbons (Fsp3) is 0.212. The molecule has 1 N–H and O–H groups in total. The number of hydrogen-bond donors (Lipinski definition) is 1. The van der Waals surface area contributed by atoms with E-state index >= 15 is 0 Å². The van der Waals surface area contributed by atoms with Crippen molar-refractivity contribution in [3.05, 3.63) is 118 Å². The quantitative estimate of drug-likeness (QED) is 0.264. The van der Waals surface area contributed by atoms with Crippen LogP contribution in [-0.4, -0.2) is 50.0 Å². The number of rotatable bonds is 8. The number of ether oxygens (including phenoxy) is 2. The van der Waals surface area contributed by atoms with E-state index in [0.717, 1.165) is 35.5 Å². The van der Waals surface area contributed by atoms with Gasteiger partial charge in [-0.2, -0.15) is 0 Å². The zero-order chi connectivity index (χ0) is 28.8. The lowest BCUT2D eigenvalue weighted by atomic mass is 10.1. The molecule has 0 bridgehead atoms. The van der Waals surface area contributed by atoms with Gasteiger partial charge in [-0.05, 0) is 78.7 Å². The highest BCUT2D eigenvalue weighted by Gasteiger charge is 2.23. The van der Waals surface area contributed by atoms with Crippen molar-refractivity contribution in [2.24, 2.45) is 0 Å². The summed E-state index contributed by atoms with van der Waals surface area (Å²) in [6, 6.07) is 28.0. The Morgan fingerprint density at radius 1 is 0.854 bits per heavy atom. The maximum absolute atomic E-state index is 13.0. The molecule has 210 valence electrons. The molecule has 4 aromatic carbocycles. The van der Waals surface area contributed by atoms with E-state index in [1.165, 1.54) is 0 Å². The summed E-state index contributed by atoms with van der Waals surface area (Å²) in [5, 5.41) is 3.62. The van der Waals surface area contributed by atoms with Crippen LogP contribution in [0.2, 0.25) is 5.02 Å². The van der Waals surface area contributed by atoms with Crippen molar-refractivity contribution in [1.29, 1.82) is 0 Å². The Balaban J connectivity index is 1.15. The van der Waals surface area contributed by atoms with Gasteiger partial charge >= 0.3 is 0 Å². The van der Waals surface area contributed by atoms with E-state index in [-0.39, 0.29) is 11.8 Å². The van der Waals surface area contributed by atoms with Crippen LogP contribution < -0.4 is 19.7 Å². The Hall–Kier alpha value is -4.49. The average molecular weight is 570 g/mol. The zero-order valence-electron chi connectivity index (χ0n) is 23.1. The van der Waals surface area contributed by atoms with Crippen LogP contribution >= 0.6 is 11.6 Å². The standard InChI is InChI=1S/C33H32ClN3O4/c1-23-5-3-4-6-29(23)33(39)37-19-17-36(18-20-37)28-14-12-27(13-15-28)35-32(38)25-9-16-30(31(21-25)40-2)41-22-24-7-10-26(34)11-8-24/h3-16,21H,17-20,22H2,1-2H3,(H,35,38). The van der Waals surface area contributed by atoms with E-state index in [1.807, 2.05) is 84.6 Å². The van der Waals surface area contributed by atoms with E-state index < -0.39 is 0 Å². The monoisotopic (exact) mass is 569 g/mol. The van der Waals surface area contributed by atoms with Gasteiger partial charge in [0.25, 0.3) is 11.8 Å². The van der Waals surface area contributed by atoms with E-state index in [4.69, 9.17) is 21.1 Å². The van der Waals surface area contributed by atoms with E-state index in [2.05, 4.69) is 10.2 Å². The van der Waals surface area contributed by atoms with Gasteiger partial charge in [0, 0.05) is 53.7 Å². The van der Waals surface area contributed by atoms with Gasteiger partial charge in [0.2, 0.25) is 0 Å². The SMILES string of the molecule is COc1cc(C(=O)Nc2ccc(N3CCN(C(=O)c4ccccc4C)CC3)cc2)ccc1OCc1ccc(Cl)cc1. The molecular formula is C33H32ClN3O4. The van der Waals surface area contributed by atoms with Gasteiger partial charge in [0.15, 0.2) is 11.5 Å². The number of amides is 2. The second-order valence-corrected chi connectivity index (χ2v) is 10.3. The Bertz CT molecular complexity index is 1510. The fourth-order valence-electron chi connectivity index (χ4n) is 4.78. The first-order valence-corrected chi connectivity index (χ1v) is 13.9. The van der Waals surface area contributed by atoms with Crippen LogP contribution in [0.25, 0.3) is 0 Å². The molecule has 5 rings (SSSR count). The molecule has 1 heterocycles. The van der Waals surface area contributed by atoms with Gasteiger partial charge in [-0.1, -0.05) is 41.9 Å². The van der Waals surface area contributed by atoms with Crippen molar-refractivity contribution in [2.75, 3.05) is 43.5 Å². The lowest BCUT2D eigenvalue weighted by molar-refractivity contribution is 0.0746. The van der Waals surface area contributed by atoms with Crippen molar-refractivity contribution >= 4 is 34.8 Å². The summed E-state index contributed by atoms with van der Waals surface area (Å²) in [6.07, 6.45) is 0. The summed E-state index contributed by atoms with van der Waals surface area (Å²) in [5.74, 6) is 0.855. The molecule has 1 aliphatic heterocycles. The van der Waals surface area contributed by atoms with Gasteiger partial charge < -0.3 is 24.6 Å². The summed E-state index contributed by atoms with van der Waals surface area (Å²) in [5.41, 5.74) is 4.93. The second-order valence-electron chi connectivity index (χ2n) is 9.88. The number of methoxy groups -OCH3 is 1. The molecule has 7 nitrogen and oxygen atoms in total. The van der Waals surface area contributed by atoms with Crippen LogP contribution in [0.1, 0.15) is 31.8 Å². The van der Waals surface area contributed by atoms with Crippen LogP contribution in [-0.2, 0) is 6.61 Å². The number of carbonyl (C=O) groups excluding carboxylic acids is 2. The maximum atomic E-state index is 13.0. The highest BCUT2D eigenvalue weighted by Crippen LogP contribution is 2.30. The molecule has 1 saturated heterocycles. The lowest BCUT2D eigenvalue weighted by Gasteiger charge is -2.36. The number of anilines is 2. The molecule has 8 heteroatoms. The minimum Gasteiger partial charge on any atom is -0.493 e. The number of piperazine rings is 1. The van der Waals surface area contributed by atoms with Gasteiger partial charge in [0.05, 0.1) is 7.11 Å². The summed E-state index contributed by atoms with van der Waals surface area (Å²) in [7, 11) is 1.54. The molecule has 1 aliphatic rings. The minimum atomic E-state index is -0.247. The Kier molecular flexibility index (Phi) is 8.75. The first-order chi connectivity index (χ1) is 19.9. The van der Waals surface area contributed by atoms with E-state index in [9.17, 15) is 9.59 Å². The zero-order valence-corrected chi connectivity index (χ0v) is 23.9. The normalized spacial score (nSPS) is 13.0. The largest absolute Gasteiger partial charge is 0.493 e. The Labute approximate surface area is 245 Å². The number of hydrogen-bond acceptors (Lipinski definition) is 5. The molecule has 4 aromatic rings. The van der Waals surface area contributed by atoms with Gasteiger partial charge in [-0.3, -0.25) is 9.59 Å². The number of halogens is 1. The fourth-order valence-corrected chi connectivity index (χ4v) is 4.91. The molecule has 1 fully saturated rings. The number of benzene rings is 4. The molecule has 0 aliphatic carbocycles. The van der Waals surface area contributed by atoms with Crippen molar-refractivity contribution < 1.29 is 19.1 Å². The molecule has 0 aromatic heterocycles. The Morgan fingerprint density at radius 3 is 2.24 bits per heavy atom. The highest BCUT2D eigenvalue weighted by molar-refractivity contribution is 6.30. The van der Waals surface area contributed by atoms with Crippen LogP contribution in [0.5, 0.6) is 11.5 Å². The first-order valence-electron chi connectivity index (χ1n) is 13.5. The second kappa shape index (κ2) is 12.8. The van der Waals surface area contributed by atoms with Gasteiger partial charge in [0.1, 0.15) is 6.61 Å². The van der Waals surface area contributed by atoms with Crippen LogP contribution in [0, 0.1) is 6.92 Å². The number of aryl methyl sites for hydroxylation is 1. The number of nitrogens with one attached hydrogen (secondary N) is 1. The van der Waals surface area contributed by atoms with Gasteiger partial charge in [-0.15, -0.1) is 0 Å². The summed E-state index contributed by atoms with van der Waals surface area (Å²) in [4.78, 5) is 30.1. The third-order valence-electron chi connectivity index (χ3n) is 7.17. The van der Waals surface area contributed by atoms with Crippen molar-refractivity contribution in [3.63, 3.8) is 0 Å². The van der Waals surface area contributed by atoms with Crippen molar-refractivity contribution in [3.8, 4) is 11.5 Å². The third kappa shape index (κ3) is 6.81. The lowest BCUT2D eigenvalue weighted by Crippen LogP contribution is -2.48. The minimum absolute atomic E-state index is 0.0820. The van der Waals surface area contributed by atoms with Gasteiger partial charge in [-0.25, -0.2) is 0 Å². The summed E-state index contributed by atoms with van der Waals surface area (Å²) >= 11 is 5.95. The number of nitrogens with zero attached hydrogens (tertiary/aromatic N) is 2. The Morgan fingerprint density at radius 2 is 1.56 bits per heavy atom. The molecular weight excluding hydrogens is 538 g/mol. The maximum Gasteiger partial charge on any atom is 0.255 e. The van der Waals surface area contributed by atoms with Crippen molar-refractivity contribution in [1.82, 2.24) is 4.90 Å². The predicted octanol–water partition coefficient (Wildman–Crippen LogP) is 6.45. The molecule has 0 saturated carbocycles. The predicted molar refractivity (Wildman–Crippen MR) is 162 cm³/mol. The number of carbonyl (C=O) groups is 2. The van der Waals surface area contributed by atoms with Crippen LogP contribution in [0.15, 0.2) is 91.0 Å². The topological polar surface area (TPSA) is 71.1 Å². The first kappa shape index (κ1) is 28.1.